The van der Waals surface area contributed by atoms with Crippen molar-refractivity contribution in [2.45, 2.75) is 38.1 Å². The number of likely N-dealkylation sites (tertiary alicyclic amines) is 1. The maximum absolute atomic E-state index is 13.1. The molecule has 0 spiro atoms. The number of nitrogens with one attached hydrogen (secondary N) is 2. The van der Waals surface area contributed by atoms with E-state index in [0.717, 1.165) is 43.5 Å². The lowest BCUT2D eigenvalue weighted by Crippen LogP contribution is -2.53. The first-order valence-corrected chi connectivity index (χ1v) is 11.1. The van der Waals surface area contributed by atoms with Crippen molar-refractivity contribution in [2.24, 2.45) is 0 Å². The van der Waals surface area contributed by atoms with Crippen LogP contribution in [-0.4, -0.2) is 55.6 Å². The minimum atomic E-state index is -0.602. The lowest BCUT2D eigenvalue weighted by Gasteiger charge is -2.31. The number of amides is 3. The number of urea groups is 1. The zero-order valence-corrected chi connectivity index (χ0v) is 18.5. The summed E-state index contributed by atoms with van der Waals surface area (Å²) in [5.41, 5.74) is 2.49. The van der Waals surface area contributed by atoms with Crippen LogP contribution in [0.1, 0.15) is 40.7 Å². The van der Waals surface area contributed by atoms with Gasteiger partial charge in [-0.2, -0.15) is 0 Å². The summed E-state index contributed by atoms with van der Waals surface area (Å²) in [6.07, 6.45) is 4.22. The first kappa shape index (κ1) is 23.3. The highest BCUT2D eigenvalue weighted by Gasteiger charge is 2.27. The van der Waals surface area contributed by atoms with Crippen LogP contribution in [0.3, 0.4) is 0 Å². The van der Waals surface area contributed by atoms with E-state index in [1.54, 1.807) is 12.1 Å². The van der Waals surface area contributed by atoms with Gasteiger partial charge in [0.1, 0.15) is 6.04 Å². The maximum atomic E-state index is 13.1. The molecule has 3 amide bonds. The molecule has 1 fully saturated rings. The summed E-state index contributed by atoms with van der Waals surface area (Å²) in [4.78, 5) is 39.0. The number of methoxy groups -OCH3 is 1. The topological polar surface area (TPSA) is 87.7 Å². The molecule has 0 radical (unpaired) electrons. The summed E-state index contributed by atoms with van der Waals surface area (Å²) in [7, 11) is 1.35. The first-order valence-electron chi connectivity index (χ1n) is 11.1. The zero-order valence-electron chi connectivity index (χ0n) is 18.5. The fraction of sp³-hybridized carbons (Fsp3) is 0.400. The van der Waals surface area contributed by atoms with Gasteiger partial charge in [-0.25, -0.2) is 9.59 Å². The van der Waals surface area contributed by atoms with Crippen LogP contribution in [0.5, 0.6) is 0 Å². The second kappa shape index (κ2) is 11.9. The van der Waals surface area contributed by atoms with Crippen molar-refractivity contribution in [3.05, 3.63) is 71.3 Å². The number of ether oxygens (including phenoxy) is 1. The zero-order chi connectivity index (χ0) is 22.8. The molecule has 170 valence electrons. The Balaban J connectivity index is 1.54. The number of carbonyl (C=O) groups is 3. The molecule has 32 heavy (non-hydrogen) atoms. The third-order valence-corrected chi connectivity index (χ3v) is 5.63. The molecule has 0 aliphatic carbocycles. The van der Waals surface area contributed by atoms with Gasteiger partial charge in [0.25, 0.3) is 0 Å². The van der Waals surface area contributed by atoms with E-state index in [1.807, 2.05) is 47.4 Å². The van der Waals surface area contributed by atoms with Crippen molar-refractivity contribution < 1.29 is 19.1 Å². The SMILES string of the molecule is COC(=O)c1ccc(CCNC(=O)NC(Cc2ccccc2)C(=O)N2CCCCC2)cc1. The number of piperidine rings is 1. The van der Waals surface area contributed by atoms with E-state index in [1.165, 1.54) is 7.11 Å². The summed E-state index contributed by atoms with van der Waals surface area (Å²) in [5, 5.41) is 5.72. The molecule has 1 heterocycles. The van der Waals surface area contributed by atoms with Gasteiger partial charge in [0.15, 0.2) is 0 Å². The fourth-order valence-corrected chi connectivity index (χ4v) is 3.84. The molecule has 3 rings (SSSR count). The predicted octanol–water partition coefficient (Wildman–Crippen LogP) is 2.94. The quantitative estimate of drug-likeness (QED) is 0.622. The lowest BCUT2D eigenvalue weighted by atomic mass is 10.0. The van der Waals surface area contributed by atoms with Gasteiger partial charge in [0, 0.05) is 26.1 Å². The fourth-order valence-electron chi connectivity index (χ4n) is 3.84. The Labute approximate surface area is 189 Å². The van der Waals surface area contributed by atoms with Crippen molar-refractivity contribution in [1.29, 1.82) is 0 Å². The predicted molar refractivity (Wildman–Crippen MR) is 122 cm³/mol. The van der Waals surface area contributed by atoms with Gasteiger partial charge in [-0.3, -0.25) is 4.79 Å². The van der Waals surface area contributed by atoms with Crippen LogP contribution in [0, 0.1) is 0 Å². The summed E-state index contributed by atoms with van der Waals surface area (Å²) in [5.74, 6) is -0.404. The Morgan fingerprint density at radius 2 is 1.62 bits per heavy atom. The van der Waals surface area contributed by atoms with Gasteiger partial charge < -0.3 is 20.3 Å². The largest absolute Gasteiger partial charge is 0.465 e. The van der Waals surface area contributed by atoms with E-state index >= 15 is 0 Å². The number of carbonyl (C=O) groups excluding carboxylic acids is 3. The highest BCUT2D eigenvalue weighted by Crippen LogP contribution is 2.13. The minimum Gasteiger partial charge on any atom is -0.465 e. The molecule has 0 saturated carbocycles. The summed E-state index contributed by atoms with van der Waals surface area (Å²) < 4.78 is 4.70. The third kappa shape index (κ3) is 6.83. The molecule has 1 aliphatic rings. The molecule has 0 bridgehead atoms. The Morgan fingerprint density at radius 1 is 0.938 bits per heavy atom. The van der Waals surface area contributed by atoms with E-state index < -0.39 is 6.04 Å². The minimum absolute atomic E-state index is 0.0258. The summed E-state index contributed by atoms with van der Waals surface area (Å²) in [6, 6.07) is 15.9. The molecule has 1 atom stereocenters. The average Bonchev–Trinajstić information content (AvgIpc) is 2.84. The molecule has 0 aromatic heterocycles. The van der Waals surface area contributed by atoms with Crippen LogP contribution in [0.25, 0.3) is 0 Å². The number of nitrogens with zero attached hydrogens (tertiary/aromatic N) is 1. The van der Waals surface area contributed by atoms with Crippen LogP contribution >= 0.6 is 0 Å². The van der Waals surface area contributed by atoms with Crippen molar-refractivity contribution in [3.63, 3.8) is 0 Å². The molecular formula is C25H31N3O4. The van der Waals surface area contributed by atoms with Crippen LogP contribution in [0.15, 0.2) is 54.6 Å². The number of rotatable bonds is 8. The number of benzene rings is 2. The maximum Gasteiger partial charge on any atom is 0.337 e. The van der Waals surface area contributed by atoms with Crippen LogP contribution in [-0.2, 0) is 22.4 Å². The van der Waals surface area contributed by atoms with Crippen LogP contribution in [0.2, 0.25) is 0 Å². The van der Waals surface area contributed by atoms with Crippen LogP contribution in [0.4, 0.5) is 4.79 Å². The molecule has 7 nitrogen and oxygen atoms in total. The molecule has 1 saturated heterocycles. The van der Waals surface area contributed by atoms with Crippen molar-refractivity contribution >= 4 is 17.9 Å². The highest BCUT2D eigenvalue weighted by atomic mass is 16.5. The molecule has 2 N–H and O–H groups in total. The number of hydrogen-bond acceptors (Lipinski definition) is 4. The second-order valence-corrected chi connectivity index (χ2v) is 7.97. The molecule has 7 heteroatoms. The smallest absolute Gasteiger partial charge is 0.337 e. The molecule has 2 aromatic rings. The number of hydrogen-bond donors (Lipinski definition) is 2. The summed E-state index contributed by atoms with van der Waals surface area (Å²) in [6.45, 7) is 1.91. The van der Waals surface area contributed by atoms with Gasteiger partial charge in [-0.1, -0.05) is 42.5 Å². The standard InChI is InChI=1S/C25H31N3O4/c1-32-24(30)21-12-10-19(11-13-21)14-15-26-25(31)27-22(18-20-8-4-2-5-9-20)23(29)28-16-6-3-7-17-28/h2,4-5,8-13,22H,3,6-7,14-18H2,1H3,(H2,26,27,31). The van der Waals surface area contributed by atoms with Crippen molar-refractivity contribution in [2.75, 3.05) is 26.7 Å². The van der Waals surface area contributed by atoms with E-state index in [-0.39, 0.29) is 17.9 Å². The van der Waals surface area contributed by atoms with Crippen LogP contribution < -0.4 is 10.6 Å². The van der Waals surface area contributed by atoms with Gasteiger partial charge in [-0.05, 0) is 48.9 Å². The van der Waals surface area contributed by atoms with E-state index in [9.17, 15) is 14.4 Å². The van der Waals surface area contributed by atoms with Gasteiger partial charge in [-0.15, -0.1) is 0 Å². The first-order chi connectivity index (χ1) is 15.6. The van der Waals surface area contributed by atoms with Gasteiger partial charge >= 0.3 is 12.0 Å². The second-order valence-electron chi connectivity index (χ2n) is 7.97. The average molecular weight is 438 g/mol. The Hall–Kier alpha value is -3.35. The monoisotopic (exact) mass is 437 g/mol. The third-order valence-electron chi connectivity index (χ3n) is 5.63. The van der Waals surface area contributed by atoms with E-state index in [0.29, 0.717) is 24.9 Å². The van der Waals surface area contributed by atoms with E-state index in [4.69, 9.17) is 4.74 Å². The Kier molecular flexibility index (Phi) is 8.66. The molecule has 1 unspecified atom stereocenters. The van der Waals surface area contributed by atoms with Crippen molar-refractivity contribution in [3.8, 4) is 0 Å². The highest BCUT2D eigenvalue weighted by molar-refractivity contribution is 5.89. The summed E-state index contributed by atoms with van der Waals surface area (Å²) >= 11 is 0. The number of esters is 1. The molecule has 2 aromatic carbocycles. The van der Waals surface area contributed by atoms with Crippen molar-refractivity contribution in [1.82, 2.24) is 15.5 Å². The van der Waals surface area contributed by atoms with Gasteiger partial charge in [0.05, 0.1) is 12.7 Å². The van der Waals surface area contributed by atoms with Gasteiger partial charge in [0.2, 0.25) is 5.91 Å². The molecule has 1 aliphatic heterocycles. The van der Waals surface area contributed by atoms with E-state index in [2.05, 4.69) is 10.6 Å². The lowest BCUT2D eigenvalue weighted by molar-refractivity contribution is -0.134. The molecular weight excluding hydrogens is 406 g/mol. The Morgan fingerprint density at radius 3 is 2.28 bits per heavy atom. The Bertz CT molecular complexity index is 893. The normalized spacial score (nSPS) is 14.3.